The van der Waals surface area contributed by atoms with E-state index < -0.39 is 5.43 Å². The zero-order valence-electron chi connectivity index (χ0n) is 19.3. The van der Waals surface area contributed by atoms with Crippen LogP contribution in [0, 0.1) is 5.92 Å². The zero-order valence-corrected chi connectivity index (χ0v) is 19.3. The first-order valence-corrected chi connectivity index (χ1v) is 11.7. The van der Waals surface area contributed by atoms with Crippen molar-refractivity contribution >= 4 is 11.8 Å². The maximum absolute atomic E-state index is 13.3. The number of benzene rings is 1. The number of nitrogens with zero attached hydrogens (tertiary/aromatic N) is 2. The summed E-state index contributed by atoms with van der Waals surface area (Å²) in [5.41, 5.74) is 2.15. The molecule has 1 aromatic carbocycles. The van der Waals surface area contributed by atoms with E-state index >= 15 is 0 Å². The fourth-order valence-corrected chi connectivity index (χ4v) is 5.09. The Hall–Kier alpha value is -2.89. The standard InChI is InChI=1S/C26H33N3O3/c1-17(2)14-28(3)26(32)23-16-29(21-10-6-7-11-21)15-22(24(23)30)25(31)27-20-12-18-8-4-5-9-19(18)13-20/h4-5,8-9,15-17,20-21H,6-7,10-14H2,1-3H3,(H,27,31). The Morgan fingerprint density at radius 1 is 1.06 bits per heavy atom. The van der Waals surface area contributed by atoms with Crippen LogP contribution in [-0.4, -0.2) is 40.9 Å². The van der Waals surface area contributed by atoms with Gasteiger partial charge in [-0.2, -0.15) is 0 Å². The number of pyridine rings is 1. The van der Waals surface area contributed by atoms with Crippen LogP contribution in [0.25, 0.3) is 0 Å². The Morgan fingerprint density at radius 3 is 2.25 bits per heavy atom. The highest BCUT2D eigenvalue weighted by molar-refractivity contribution is 5.99. The molecule has 0 radical (unpaired) electrons. The van der Waals surface area contributed by atoms with Crippen LogP contribution in [0.4, 0.5) is 0 Å². The number of fused-ring (bicyclic) bond motifs is 1. The highest BCUT2D eigenvalue weighted by Crippen LogP contribution is 2.29. The molecule has 0 spiro atoms. The van der Waals surface area contributed by atoms with Crippen molar-refractivity contribution in [1.29, 1.82) is 0 Å². The number of aromatic nitrogens is 1. The topological polar surface area (TPSA) is 71.4 Å². The number of rotatable bonds is 6. The predicted molar refractivity (Wildman–Crippen MR) is 125 cm³/mol. The van der Waals surface area contributed by atoms with Crippen molar-refractivity contribution in [3.63, 3.8) is 0 Å². The van der Waals surface area contributed by atoms with Gasteiger partial charge in [-0.25, -0.2) is 0 Å². The average Bonchev–Trinajstić information content (AvgIpc) is 3.42. The van der Waals surface area contributed by atoms with Gasteiger partial charge in [0.05, 0.1) is 0 Å². The van der Waals surface area contributed by atoms with E-state index in [4.69, 9.17) is 0 Å². The SMILES string of the molecule is CC(C)CN(C)C(=O)c1cn(C2CCCC2)cc(C(=O)NC2Cc3ccccc3C2)c1=O. The summed E-state index contributed by atoms with van der Waals surface area (Å²) in [6.07, 6.45) is 9.08. The van der Waals surface area contributed by atoms with E-state index in [0.29, 0.717) is 6.54 Å². The van der Waals surface area contributed by atoms with E-state index in [1.54, 1.807) is 24.3 Å². The molecule has 32 heavy (non-hydrogen) atoms. The van der Waals surface area contributed by atoms with Crippen LogP contribution in [-0.2, 0) is 12.8 Å². The minimum absolute atomic E-state index is 0.0396. The third kappa shape index (κ3) is 4.64. The summed E-state index contributed by atoms with van der Waals surface area (Å²) in [6.45, 7) is 4.62. The predicted octanol–water partition coefficient (Wildman–Crippen LogP) is 3.59. The highest BCUT2D eigenvalue weighted by Gasteiger charge is 2.28. The lowest BCUT2D eigenvalue weighted by molar-refractivity contribution is 0.0776. The molecule has 6 nitrogen and oxygen atoms in total. The summed E-state index contributed by atoms with van der Waals surface area (Å²) in [5.74, 6) is -0.421. The van der Waals surface area contributed by atoms with Gasteiger partial charge in [0.15, 0.2) is 0 Å². The molecule has 0 atom stereocenters. The van der Waals surface area contributed by atoms with Crippen LogP contribution in [0.15, 0.2) is 41.5 Å². The highest BCUT2D eigenvalue weighted by atomic mass is 16.2. The monoisotopic (exact) mass is 435 g/mol. The van der Waals surface area contributed by atoms with Crippen LogP contribution in [0.3, 0.4) is 0 Å². The Morgan fingerprint density at radius 2 is 1.66 bits per heavy atom. The van der Waals surface area contributed by atoms with E-state index in [9.17, 15) is 14.4 Å². The van der Waals surface area contributed by atoms with Gasteiger partial charge >= 0.3 is 0 Å². The van der Waals surface area contributed by atoms with Gasteiger partial charge in [0.2, 0.25) is 5.43 Å². The molecule has 0 aliphatic heterocycles. The molecule has 1 N–H and O–H groups in total. The first-order valence-electron chi connectivity index (χ1n) is 11.7. The molecule has 0 saturated heterocycles. The quantitative estimate of drug-likeness (QED) is 0.754. The number of amides is 2. The molecule has 1 fully saturated rings. The second kappa shape index (κ2) is 9.31. The molecular formula is C26H33N3O3. The first-order chi connectivity index (χ1) is 15.3. The van der Waals surface area contributed by atoms with Crippen molar-refractivity contribution in [2.75, 3.05) is 13.6 Å². The smallest absolute Gasteiger partial charge is 0.259 e. The molecule has 170 valence electrons. The Labute approximate surface area is 189 Å². The minimum Gasteiger partial charge on any atom is -0.349 e. The molecule has 0 bridgehead atoms. The molecule has 1 aromatic heterocycles. The Bertz CT molecular complexity index is 1040. The van der Waals surface area contributed by atoms with Gasteiger partial charge in [-0.05, 0) is 42.7 Å². The second-order valence-corrected chi connectivity index (χ2v) is 9.73. The van der Waals surface area contributed by atoms with Gasteiger partial charge in [-0.15, -0.1) is 0 Å². The molecular weight excluding hydrogens is 402 g/mol. The van der Waals surface area contributed by atoms with Crippen molar-refractivity contribution in [2.45, 2.75) is 64.5 Å². The van der Waals surface area contributed by atoms with Gasteiger partial charge in [-0.1, -0.05) is 51.0 Å². The van der Waals surface area contributed by atoms with Crippen LogP contribution in [0.2, 0.25) is 0 Å². The molecule has 1 saturated carbocycles. The van der Waals surface area contributed by atoms with Crippen molar-refractivity contribution < 1.29 is 9.59 Å². The number of carbonyl (C=O) groups is 2. The maximum atomic E-state index is 13.3. The lowest BCUT2D eigenvalue weighted by Crippen LogP contribution is -2.40. The Kier molecular flexibility index (Phi) is 6.49. The van der Waals surface area contributed by atoms with Crippen molar-refractivity contribution in [3.05, 3.63) is 69.1 Å². The summed E-state index contributed by atoms with van der Waals surface area (Å²) in [5, 5.41) is 3.05. The lowest BCUT2D eigenvalue weighted by Gasteiger charge is -2.22. The molecule has 2 aromatic rings. The normalized spacial score (nSPS) is 16.4. The van der Waals surface area contributed by atoms with Gasteiger partial charge < -0.3 is 14.8 Å². The minimum atomic E-state index is -0.479. The summed E-state index contributed by atoms with van der Waals surface area (Å²) >= 11 is 0. The van der Waals surface area contributed by atoms with Crippen molar-refractivity contribution in [3.8, 4) is 0 Å². The number of carbonyl (C=O) groups excluding carboxylic acids is 2. The average molecular weight is 436 g/mol. The molecule has 1 heterocycles. The maximum Gasteiger partial charge on any atom is 0.259 e. The summed E-state index contributed by atoms with van der Waals surface area (Å²) in [4.78, 5) is 41.2. The third-order valence-corrected chi connectivity index (χ3v) is 6.64. The molecule has 2 aliphatic rings. The van der Waals surface area contributed by atoms with Gasteiger partial charge in [0.1, 0.15) is 11.1 Å². The number of nitrogens with one attached hydrogen (secondary N) is 1. The molecule has 2 amide bonds. The van der Waals surface area contributed by atoms with E-state index in [1.807, 2.05) is 30.5 Å². The summed E-state index contributed by atoms with van der Waals surface area (Å²) in [7, 11) is 1.71. The first kappa shape index (κ1) is 22.3. The molecule has 0 unspecified atom stereocenters. The number of hydrogen-bond donors (Lipinski definition) is 1. The van der Waals surface area contributed by atoms with Gasteiger partial charge in [-0.3, -0.25) is 14.4 Å². The van der Waals surface area contributed by atoms with Gasteiger partial charge in [0, 0.05) is 38.1 Å². The van der Waals surface area contributed by atoms with Crippen LogP contribution >= 0.6 is 0 Å². The zero-order chi connectivity index (χ0) is 22.8. The Balaban J connectivity index is 1.63. The molecule has 2 aliphatic carbocycles. The van der Waals surface area contributed by atoms with Crippen LogP contribution in [0.1, 0.15) is 77.4 Å². The summed E-state index contributed by atoms with van der Waals surface area (Å²) in [6, 6.07) is 8.36. The van der Waals surface area contributed by atoms with Crippen LogP contribution in [0.5, 0.6) is 0 Å². The van der Waals surface area contributed by atoms with E-state index in [1.165, 1.54) is 11.1 Å². The second-order valence-electron chi connectivity index (χ2n) is 9.73. The fourth-order valence-electron chi connectivity index (χ4n) is 5.09. The van der Waals surface area contributed by atoms with E-state index in [0.717, 1.165) is 38.5 Å². The van der Waals surface area contributed by atoms with Crippen LogP contribution < -0.4 is 10.7 Å². The third-order valence-electron chi connectivity index (χ3n) is 6.64. The lowest BCUT2D eigenvalue weighted by atomic mass is 10.1. The van der Waals surface area contributed by atoms with E-state index in [-0.39, 0.29) is 40.9 Å². The largest absolute Gasteiger partial charge is 0.349 e. The van der Waals surface area contributed by atoms with Gasteiger partial charge in [0.25, 0.3) is 11.8 Å². The summed E-state index contributed by atoms with van der Waals surface area (Å²) < 4.78 is 1.93. The van der Waals surface area contributed by atoms with Crippen molar-refractivity contribution in [1.82, 2.24) is 14.8 Å². The fraction of sp³-hybridized carbons (Fsp3) is 0.500. The number of hydrogen-bond acceptors (Lipinski definition) is 3. The van der Waals surface area contributed by atoms with Crippen molar-refractivity contribution in [2.24, 2.45) is 5.92 Å². The van der Waals surface area contributed by atoms with E-state index in [2.05, 4.69) is 17.4 Å². The molecule has 4 rings (SSSR count). The molecule has 6 heteroatoms.